The van der Waals surface area contributed by atoms with Crippen LogP contribution in [0.5, 0.6) is 0 Å². The Morgan fingerprint density at radius 2 is 2.00 bits per heavy atom. The number of carbonyl (C=O) groups is 1. The second kappa shape index (κ2) is 6.23. The first-order valence-corrected chi connectivity index (χ1v) is 8.55. The first-order valence-electron chi connectivity index (χ1n) is 7.67. The zero-order valence-electron chi connectivity index (χ0n) is 13.6. The molecule has 23 heavy (non-hydrogen) atoms. The number of amides is 1. The van der Waals surface area contributed by atoms with Crippen LogP contribution in [0, 0.1) is 13.8 Å². The molecular weight excluding hydrogens is 314 g/mol. The van der Waals surface area contributed by atoms with E-state index in [1.54, 1.807) is 4.68 Å². The summed E-state index contributed by atoms with van der Waals surface area (Å²) in [6.45, 7) is 7.41. The van der Waals surface area contributed by atoms with E-state index in [0.717, 1.165) is 37.3 Å². The molecule has 1 saturated heterocycles. The average molecular weight is 335 g/mol. The highest BCUT2D eigenvalue weighted by molar-refractivity contribution is 8.00. The maximum Gasteiger partial charge on any atom is 0.271 e. The molecule has 1 atom stereocenters. The van der Waals surface area contributed by atoms with Gasteiger partial charge in [0.25, 0.3) is 5.95 Å². The fourth-order valence-corrected chi connectivity index (χ4v) is 3.58. The molecule has 0 radical (unpaired) electrons. The Hall–Kier alpha value is -2.03. The minimum atomic E-state index is -0.243. The van der Waals surface area contributed by atoms with Crippen molar-refractivity contribution in [2.24, 2.45) is 0 Å². The average Bonchev–Trinajstić information content (AvgIpc) is 3.21. The minimum Gasteiger partial charge on any atom is -0.342 e. The van der Waals surface area contributed by atoms with Crippen molar-refractivity contribution in [1.82, 2.24) is 29.6 Å². The molecule has 3 heterocycles. The number of nitrogens with zero attached hydrogens (tertiary/aromatic N) is 6. The SMILES string of the molecule is Cc1cc(C)n(-c2nnc(SC(C)C(=O)N3CCCC3)n2N)n1. The lowest BCUT2D eigenvalue weighted by Crippen LogP contribution is -2.34. The molecule has 1 unspecified atom stereocenters. The summed E-state index contributed by atoms with van der Waals surface area (Å²) in [6, 6.07) is 1.95. The summed E-state index contributed by atoms with van der Waals surface area (Å²) >= 11 is 1.33. The topological polar surface area (TPSA) is 94.9 Å². The van der Waals surface area contributed by atoms with Gasteiger partial charge in [-0.3, -0.25) is 4.79 Å². The standard InChI is InChI=1S/C14H21N7OS/c1-9-8-10(2)21(18-9)13-16-17-14(20(13)15)23-11(3)12(22)19-6-4-5-7-19/h8,11H,4-7,15H2,1-3H3. The van der Waals surface area contributed by atoms with Gasteiger partial charge in [0, 0.05) is 18.8 Å². The predicted octanol–water partition coefficient (Wildman–Crippen LogP) is 0.897. The second-order valence-corrected chi connectivity index (χ2v) is 7.09. The minimum absolute atomic E-state index is 0.128. The summed E-state index contributed by atoms with van der Waals surface area (Å²) in [7, 11) is 0. The fraction of sp³-hybridized carbons (Fsp3) is 0.571. The quantitative estimate of drug-likeness (QED) is 0.659. The molecule has 0 bridgehead atoms. The maximum absolute atomic E-state index is 12.4. The van der Waals surface area contributed by atoms with Gasteiger partial charge in [0.2, 0.25) is 11.1 Å². The van der Waals surface area contributed by atoms with E-state index in [2.05, 4.69) is 15.3 Å². The Bertz CT molecular complexity index is 717. The molecule has 2 aromatic rings. The van der Waals surface area contributed by atoms with Crippen molar-refractivity contribution in [2.45, 2.75) is 44.0 Å². The molecule has 124 valence electrons. The molecule has 0 aromatic carbocycles. The lowest BCUT2D eigenvalue weighted by Gasteiger charge is -2.19. The van der Waals surface area contributed by atoms with Crippen molar-refractivity contribution >= 4 is 17.7 Å². The van der Waals surface area contributed by atoms with Crippen molar-refractivity contribution in [2.75, 3.05) is 18.9 Å². The van der Waals surface area contributed by atoms with Crippen LogP contribution in [0.15, 0.2) is 11.2 Å². The Labute approximate surface area is 139 Å². The van der Waals surface area contributed by atoms with E-state index in [0.29, 0.717) is 11.1 Å². The summed E-state index contributed by atoms with van der Waals surface area (Å²) in [4.78, 5) is 14.3. The van der Waals surface area contributed by atoms with Gasteiger partial charge in [0.05, 0.1) is 10.9 Å². The molecule has 0 saturated carbocycles. The first kappa shape index (κ1) is 15.9. The number of rotatable bonds is 4. The van der Waals surface area contributed by atoms with Crippen molar-refractivity contribution in [3.63, 3.8) is 0 Å². The van der Waals surface area contributed by atoms with Gasteiger partial charge >= 0.3 is 0 Å². The number of carbonyl (C=O) groups excluding carboxylic acids is 1. The van der Waals surface area contributed by atoms with E-state index >= 15 is 0 Å². The van der Waals surface area contributed by atoms with Crippen LogP contribution in [0.25, 0.3) is 5.95 Å². The zero-order chi connectivity index (χ0) is 16.6. The van der Waals surface area contributed by atoms with Gasteiger partial charge in [-0.2, -0.15) is 5.10 Å². The monoisotopic (exact) mass is 335 g/mol. The third-order valence-corrected chi connectivity index (χ3v) is 4.94. The number of likely N-dealkylation sites (tertiary alicyclic amines) is 1. The summed E-state index contributed by atoms with van der Waals surface area (Å²) < 4.78 is 3.04. The maximum atomic E-state index is 12.4. The summed E-state index contributed by atoms with van der Waals surface area (Å²) in [5.74, 6) is 6.67. The molecule has 8 nitrogen and oxygen atoms in total. The number of hydrogen-bond acceptors (Lipinski definition) is 6. The lowest BCUT2D eigenvalue weighted by molar-refractivity contribution is -0.129. The summed E-state index contributed by atoms with van der Waals surface area (Å²) in [5, 5.41) is 12.8. The molecule has 1 amide bonds. The van der Waals surface area contributed by atoms with Crippen LogP contribution in [0.2, 0.25) is 0 Å². The normalized spacial score (nSPS) is 16.0. The van der Waals surface area contributed by atoms with E-state index in [-0.39, 0.29) is 11.2 Å². The first-order chi connectivity index (χ1) is 11.0. The largest absolute Gasteiger partial charge is 0.342 e. The van der Waals surface area contributed by atoms with Crippen LogP contribution in [0.4, 0.5) is 0 Å². The molecule has 1 aliphatic heterocycles. The smallest absolute Gasteiger partial charge is 0.271 e. The van der Waals surface area contributed by atoms with Gasteiger partial charge in [-0.1, -0.05) is 11.8 Å². The van der Waals surface area contributed by atoms with Crippen LogP contribution >= 0.6 is 11.8 Å². The number of hydrogen-bond donors (Lipinski definition) is 1. The van der Waals surface area contributed by atoms with Crippen molar-refractivity contribution in [3.05, 3.63) is 17.5 Å². The Morgan fingerprint density at radius 3 is 2.61 bits per heavy atom. The summed E-state index contributed by atoms with van der Waals surface area (Å²) in [5.41, 5.74) is 1.82. The molecule has 2 N–H and O–H groups in total. The molecule has 1 aliphatic rings. The third-order valence-electron chi connectivity index (χ3n) is 3.89. The van der Waals surface area contributed by atoms with E-state index in [9.17, 15) is 4.79 Å². The molecule has 1 fully saturated rings. The number of aryl methyl sites for hydroxylation is 2. The molecule has 3 rings (SSSR count). The number of nitrogen functional groups attached to an aromatic ring is 1. The van der Waals surface area contributed by atoms with Gasteiger partial charge in [-0.15, -0.1) is 10.2 Å². The van der Waals surface area contributed by atoms with E-state index in [1.165, 1.54) is 16.4 Å². The highest BCUT2D eigenvalue weighted by Gasteiger charge is 2.26. The molecular formula is C14H21N7OS. The Morgan fingerprint density at radius 1 is 1.30 bits per heavy atom. The van der Waals surface area contributed by atoms with Gasteiger partial charge in [0.1, 0.15) is 0 Å². The molecule has 0 aliphatic carbocycles. The lowest BCUT2D eigenvalue weighted by atomic mass is 10.4. The predicted molar refractivity (Wildman–Crippen MR) is 87.9 cm³/mol. The number of nitrogens with two attached hydrogens (primary N) is 1. The van der Waals surface area contributed by atoms with Crippen molar-refractivity contribution in [3.8, 4) is 5.95 Å². The van der Waals surface area contributed by atoms with Crippen LogP contribution in [0.3, 0.4) is 0 Å². The highest BCUT2D eigenvalue weighted by Crippen LogP contribution is 2.24. The third kappa shape index (κ3) is 3.05. The number of aromatic nitrogens is 5. The Kier molecular flexibility index (Phi) is 4.29. The van der Waals surface area contributed by atoms with E-state index < -0.39 is 0 Å². The number of thioether (sulfide) groups is 1. The van der Waals surface area contributed by atoms with Crippen molar-refractivity contribution in [1.29, 1.82) is 0 Å². The molecule has 0 spiro atoms. The van der Waals surface area contributed by atoms with Crippen LogP contribution in [-0.2, 0) is 4.79 Å². The van der Waals surface area contributed by atoms with E-state index in [4.69, 9.17) is 5.84 Å². The van der Waals surface area contributed by atoms with Gasteiger partial charge in [-0.05, 0) is 39.7 Å². The Balaban J connectivity index is 1.76. The highest BCUT2D eigenvalue weighted by atomic mass is 32.2. The van der Waals surface area contributed by atoms with Gasteiger partial charge in [-0.25, -0.2) is 9.36 Å². The molecule has 9 heteroatoms. The van der Waals surface area contributed by atoms with E-state index in [1.807, 2.05) is 31.7 Å². The van der Waals surface area contributed by atoms with Crippen molar-refractivity contribution < 1.29 is 4.79 Å². The second-order valence-electron chi connectivity index (χ2n) is 5.78. The fourth-order valence-electron chi connectivity index (χ4n) is 2.73. The summed E-state index contributed by atoms with van der Waals surface area (Å²) in [6.07, 6.45) is 2.16. The van der Waals surface area contributed by atoms with Crippen LogP contribution in [0.1, 0.15) is 31.2 Å². The van der Waals surface area contributed by atoms with Gasteiger partial charge in [0.15, 0.2) is 0 Å². The molecule has 2 aromatic heterocycles. The van der Waals surface area contributed by atoms with Crippen LogP contribution in [-0.4, -0.2) is 53.8 Å². The zero-order valence-corrected chi connectivity index (χ0v) is 14.4. The van der Waals surface area contributed by atoms with Gasteiger partial charge < -0.3 is 10.7 Å². The van der Waals surface area contributed by atoms with Crippen LogP contribution < -0.4 is 5.84 Å².